The standard InChI is InChI=1S/C40H43ClF2N6O8S2/c1-39(2,3)57-38(51)45-31(20-25-18-26(42)21-27(43)19-25)36-44-28(16-17-40(4,5)58(8,52)53)22-33(50)49(36)32-15-14-30(41)34-35(32)47(6)46-37(34)48(59(9,54)55)23-24-10-12-29(56-7)13-11-24/h10-15,18-19,21-22,31H,20,23H2,1-9H3,(H,45,51)/t31-/m0/s1. The topological polar surface area (TPSA) is 172 Å². The number of nitrogens with one attached hydrogen (secondary N) is 1. The van der Waals surface area contributed by atoms with Crippen LogP contribution in [-0.4, -0.2) is 72.2 Å². The van der Waals surface area contributed by atoms with Crippen LogP contribution in [-0.2, 0) is 44.6 Å². The molecule has 0 radical (unpaired) electrons. The number of sulfonamides is 1. The molecule has 5 aromatic rings. The Hall–Kier alpha value is -5.51. The molecule has 0 spiro atoms. The first kappa shape index (κ1) is 44.6. The molecular weight excluding hydrogens is 830 g/mol. The van der Waals surface area contributed by atoms with Gasteiger partial charge in [0.1, 0.15) is 39.3 Å². The molecule has 2 heterocycles. The van der Waals surface area contributed by atoms with Crippen LogP contribution in [0.2, 0.25) is 5.02 Å². The molecule has 0 bridgehead atoms. The number of methoxy groups -OCH3 is 1. The number of ether oxygens (including phenoxy) is 2. The highest BCUT2D eigenvalue weighted by Crippen LogP contribution is 2.38. The quantitative estimate of drug-likeness (QED) is 0.155. The second kappa shape index (κ2) is 16.6. The van der Waals surface area contributed by atoms with E-state index in [0.717, 1.165) is 39.6 Å². The van der Waals surface area contributed by atoms with Crippen LogP contribution in [0.5, 0.6) is 5.75 Å². The van der Waals surface area contributed by atoms with E-state index in [1.54, 1.807) is 45.0 Å². The van der Waals surface area contributed by atoms with E-state index < -0.39 is 59.5 Å². The Bertz CT molecular complexity index is 2770. The molecule has 0 aliphatic carbocycles. The first-order valence-electron chi connectivity index (χ1n) is 17.9. The van der Waals surface area contributed by atoms with Crippen molar-refractivity contribution in [3.63, 3.8) is 0 Å². The lowest BCUT2D eigenvalue weighted by Crippen LogP contribution is -2.39. The van der Waals surface area contributed by atoms with Crippen LogP contribution in [0, 0.1) is 23.5 Å². The molecule has 2 aromatic heterocycles. The Morgan fingerprint density at radius 1 is 0.966 bits per heavy atom. The average molecular weight is 873 g/mol. The van der Waals surface area contributed by atoms with Gasteiger partial charge in [0, 0.05) is 31.9 Å². The number of aryl methyl sites for hydroxylation is 1. The predicted octanol–water partition coefficient (Wildman–Crippen LogP) is 6.01. The molecule has 1 N–H and O–H groups in total. The van der Waals surface area contributed by atoms with Crippen LogP contribution < -0.4 is 19.9 Å². The molecule has 0 fully saturated rings. The molecular formula is C40H43ClF2N6O8S2. The van der Waals surface area contributed by atoms with Crippen LogP contribution in [0.1, 0.15) is 63.3 Å². The van der Waals surface area contributed by atoms with Gasteiger partial charge >= 0.3 is 6.09 Å². The summed E-state index contributed by atoms with van der Waals surface area (Å²) in [6.07, 6.45) is 0.700. The van der Waals surface area contributed by atoms with Gasteiger partial charge in [-0.1, -0.05) is 29.7 Å². The van der Waals surface area contributed by atoms with Crippen molar-refractivity contribution in [3.05, 3.63) is 110 Å². The Kier molecular flexibility index (Phi) is 12.6. The molecule has 0 aliphatic heterocycles. The normalized spacial score (nSPS) is 12.7. The van der Waals surface area contributed by atoms with Gasteiger partial charge < -0.3 is 14.8 Å². The monoisotopic (exact) mass is 872 g/mol. The van der Waals surface area contributed by atoms with Crippen molar-refractivity contribution in [2.45, 2.75) is 64.0 Å². The zero-order valence-corrected chi connectivity index (χ0v) is 36.1. The molecule has 0 aliphatic rings. The fraction of sp³-hybridized carbons (Fsp3) is 0.350. The predicted molar refractivity (Wildman–Crippen MR) is 221 cm³/mol. The van der Waals surface area contributed by atoms with E-state index in [1.165, 1.54) is 44.8 Å². The van der Waals surface area contributed by atoms with Gasteiger partial charge in [0.15, 0.2) is 15.7 Å². The number of carbonyl (C=O) groups is 1. The first-order valence-corrected chi connectivity index (χ1v) is 22.0. The summed E-state index contributed by atoms with van der Waals surface area (Å²) in [5.41, 5.74) is -1.11. The van der Waals surface area contributed by atoms with Gasteiger partial charge in [-0.15, -0.1) is 0 Å². The van der Waals surface area contributed by atoms with Gasteiger partial charge in [0.25, 0.3) is 5.56 Å². The summed E-state index contributed by atoms with van der Waals surface area (Å²) >= 11 is 6.82. The van der Waals surface area contributed by atoms with Crippen molar-refractivity contribution in [2.24, 2.45) is 7.05 Å². The summed E-state index contributed by atoms with van der Waals surface area (Å²) in [4.78, 5) is 32.6. The highest BCUT2D eigenvalue weighted by atomic mass is 35.5. The first-order chi connectivity index (χ1) is 27.3. The lowest BCUT2D eigenvalue weighted by atomic mass is 10.0. The van der Waals surface area contributed by atoms with Crippen LogP contribution in [0.4, 0.5) is 19.4 Å². The van der Waals surface area contributed by atoms with Crippen LogP contribution >= 0.6 is 11.6 Å². The summed E-state index contributed by atoms with van der Waals surface area (Å²) in [5, 5.41) is 7.45. The fourth-order valence-electron chi connectivity index (χ4n) is 5.91. The average Bonchev–Trinajstić information content (AvgIpc) is 3.45. The third-order valence-electron chi connectivity index (χ3n) is 8.99. The third-order valence-corrected chi connectivity index (χ3v) is 12.4. The van der Waals surface area contributed by atoms with Gasteiger partial charge in [0.05, 0.1) is 47.6 Å². The van der Waals surface area contributed by atoms with Crippen molar-refractivity contribution >= 4 is 54.3 Å². The van der Waals surface area contributed by atoms with Crippen molar-refractivity contribution in [2.75, 3.05) is 23.9 Å². The summed E-state index contributed by atoms with van der Waals surface area (Å²) in [7, 11) is -4.74. The smallest absolute Gasteiger partial charge is 0.408 e. The molecule has 3 aromatic carbocycles. The number of benzene rings is 3. The van der Waals surface area contributed by atoms with Gasteiger partial charge in [-0.3, -0.25) is 14.0 Å². The summed E-state index contributed by atoms with van der Waals surface area (Å²) in [5.74, 6) is 3.76. The SMILES string of the molecule is COc1ccc(CN(c2nn(C)c3c(-n4c([C@H](Cc5cc(F)cc(F)c5)NC(=O)OC(C)(C)C)nc(C#CC(C)(C)S(C)(=O)=O)cc4=O)ccc(Cl)c23)S(C)(=O)=O)cc1. The molecule has 59 heavy (non-hydrogen) atoms. The number of aromatic nitrogens is 4. The largest absolute Gasteiger partial charge is 0.497 e. The Labute approximate surface area is 346 Å². The number of rotatable bonds is 11. The number of amides is 1. The van der Waals surface area contributed by atoms with Crippen LogP contribution in [0.3, 0.4) is 0 Å². The number of halogens is 3. The van der Waals surface area contributed by atoms with E-state index in [9.17, 15) is 35.2 Å². The molecule has 0 saturated heterocycles. The van der Waals surface area contributed by atoms with Crippen molar-refractivity contribution in [1.29, 1.82) is 0 Å². The van der Waals surface area contributed by atoms with E-state index in [4.69, 9.17) is 21.1 Å². The Morgan fingerprint density at radius 3 is 2.15 bits per heavy atom. The molecule has 19 heteroatoms. The lowest BCUT2D eigenvalue weighted by Gasteiger charge is -2.25. The van der Waals surface area contributed by atoms with Crippen LogP contribution in [0.15, 0.2) is 65.5 Å². The number of hydrogen-bond acceptors (Lipinski definition) is 10. The number of hydrogen-bond donors (Lipinski definition) is 1. The van der Waals surface area contributed by atoms with E-state index in [2.05, 4.69) is 27.2 Å². The minimum Gasteiger partial charge on any atom is -0.497 e. The maximum Gasteiger partial charge on any atom is 0.408 e. The Morgan fingerprint density at radius 2 is 1.59 bits per heavy atom. The summed E-state index contributed by atoms with van der Waals surface area (Å²) < 4.78 is 93.6. The maximum atomic E-state index is 14.6. The lowest BCUT2D eigenvalue weighted by molar-refractivity contribution is 0.0500. The fourth-order valence-corrected chi connectivity index (χ4v) is 7.21. The molecule has 5 rings (SSSR count). The molecule has 0 unspecified atom stereocenters. The zero-order chi connectivity index (χ0) is 43.8. The minimum absolute atomic E-state index is 0.0606. The number of fused-ring (bicyclic) bond motifs is 1. The molecule has 14 nitrogen and oxygen atoms in total. The Balaban J connectivity index is 1.83. The second-order valence-corrected chi connectivity index (χ2v) is 20.1. The van der Waals surface area contributed by atoms with E-state index >= 15 is 0 Å². The van der Waals surface area contributed by atoms with Gasteiger partial charge in [-0.2, -0.15) is 5.10 Å². The van der Waals surface area contributed by atoms with E-state index in [1.807, 2.05) is 0 Å². The van der Waals surface area contributed by atoms with Crippen molar-refractivity contribution in [1.82, 2.24) is 24.6 Å². The van der Waals surface area contributed by atoms with Crippen molar-refractivity contribution < 1.29 is 39.9 Å². The summed E-state index contributed by atoms with van der Waals surface area (Å²) in [6, 6.07) is 12.1. The molecule has 314 valence electrons. The zero-order valence-electron chi connectivity index (χ0n) is 33.7. The maximum absolute atomic E-state index is 14.6. The van der Waals surface area contributed by atoms with Gasteiger partial charge in [0.2, 0.25) is 10.0 Å². The van der Waals surface area contributed by atoms with Crippen molar-refractivity contribution in [3.8, 4) is 23.3 Å². The number of alkyl carbamates (subject to hydrolysis) is 1. The highest BCUT2D eigenvalue weighted by molar-refractivity contribution is 7.92. The molecule has 1 atom stereocenters. The highest BCUT2D eigenvalue weighted by Gasteiger charge is 2.31. The number of sulfone groups is 1. The van der Waals surface area contributed by atoms with Crippen LogP contribution in [0.25, 0.3) is 16.6 Å². The minimum atomic E-state index is -4.03. The molecule has 0 saturated carbocycles. The number of nitrogens with zero attached hydrogens (tertiary/aromatic N) is 5. The second-order valence-electron chi connectivity index (χ2n) is 15.2. The molecule has 1 amide bonds. The third kappa shape index (κ3) is 10.4. The number of anilines is 1. The van der Waals surface area contributed by atoms with E-state index in [-0.39, 0.29) is 57.5 Å². The number of carbonyl (C=O) groups excluding carboxylic acids is 1. The summed E-state index contributed by atoms with van der Waals surface area (Å²) in [6.45, 7) is 7.46. The van der Waals surface area contributed by atoms with Gasteiger partial charge in [-0.05, 0) is 88.1 Å². The van der Waals surface area contributed by atoms with Gasteiger partial charge in [-0.25, -0.2) is 39.7 Å². The van der Waals surface area contributed by atoms with E-state index in [0.29, 0.717) is 17.4 Å².